The molecule has 0 unspecified atom stereocenters. The maximum absolute atomic E-state index is 11.5. The van der Waals surface area contributed by atoms with E-state index in [0.29, 0.717) is 19.4 Å². The maximum Gasteiger partial charge on any atom is 0.247 e. The van der Waals surface area contributed by atoms with E-state index in [1.165, 1.54) is 0 Å². The number of carbonyl (C=O) groups excluding carboxylic acids is 1. The standard InChI is InChI=1S/C11H19N3O2/c1-3-16-8-10(15)13-11(9-12)4-6-14(2)7-5-11/h3-8H2,1-2H3,(H,13,15). The van der Waals surface area contributed by atoms with Gasteiger partial charge in [-0.15, -0.1) is 0 Å². The molecule has 0 atom stereocenters. The molecule has 0 aliphatic carbocycles. The first kappa shape index (κ1) is 12.9. The van der Waals surface area contributed by atoms with Gasteiger partial charge < -0.3 is 15.0 Å². The average Bonchev–Trinajstić information content (AvgIpc) is 2.30. The van der Waals surface area contributed by atoms with E-state index in [0.717, 1.165) is 13.1 Å². The quantitative estimate of drug-likeness (QED) is 0.738. The van der Waals surface area contributed by atoms with E-state index in [-0.39, 0.29) is 12.5 Å². The fourth-order valence-corrected chi connectivity index (χ4v) is 1.76. The van der Waals surface area contributed by atoms with Gasteiger partial charge in [-0.05, 0) is 26.8 Å². The van der Waals surface area contributed by atoms with Crippen LogP contribution in [0.5, 0.6) is 0 Å². The molecular weight excluding hydrogens is 206 g/mol. The van der Waals surface area contributed by atoms with Gasteiger partial charge >= 0.3 is 0 Å². The van der Waals surface area contributed by atoms with Crippen LogP contribution in [0.4, 0.5) is 0 Å². The molecular formula is C11H19N3O2. The summed E-state index contributed by atoms with van der Waals surface area (Å²) >= 11 is 0. The van der Waals surface area contributed by atoms with E-state index in [1.54, 1.807) is 0 Å². The second-order valence-corrected chi connectivity index (χ2v) is 4.18. The molecule has 1 aliphatic rings. The zero-order valence-electron chi connectivity index (χ0n) is 9.95. The van der Waals surface area contributed by atoms with Gasteiger partial charge in [0.15, 0.2) is 0 Å². The molecule has 0 bridgehead atoms. The number of hydrogen-bond donors (Lipinski definition) is 1. The van der Waals surface area contributed by atoms with Gasteiger partial charge in [-0.25, -0.2) is 0 Å². The summed E-state index contributed by atoms with van der Waals surface area (Å²) < 4.78 is 5.02. The third-order valence-corrected chi connectivity index (χ3v) is 2.87. The van der Waals surface area contributed by atoms with Crippen LogP contribution in [0.25, 0.3) is 0 Å². The lowest BCUT2D eigenvalue weighted by molar-refractivity contribution is -0.127. The molecule has 90 valence electrons. The van der Waals surface area contributed by atoms with Crippen molar-refractivity contribution in [1.29, 1.82) is 5.26 Å². The predicted octanol–water partition coefficient (Wildman–Crippen LogP) is 0.127. The van der Waals surface area contributed by atoms with Crippen molar-refractivity contribution in [2.24, 2.45) is 0 Å². The Morgan fingerprint density at radius 3 is 2.69 bits per heavy atom. The molecule has 1 amide bonds. The molecule has 0 radical (unpaired) electrons. The summed E-state index contributed by atoms with van der Waals surface area (Å²) in [5.74, 6) is -0.201. The Morgan fingerprint density at radius 1 is 1.56 bits per heavy atom. The Bertz CT molecular complexity index is 277. The van der Waals surface area contributed by atoms with Crippen molar-refractivity contribution >= 4 is 5.91 Å². The van der Waals surface area contributed by atoms with E-state index in [2.05, 4.69) is 16.3 Å². The molecule has 1 fully saturated rings. The number of likely N-dealkylation sites (tertiary alicyclic amines) is 1. The lowest BCUT2D eigenvalue weighted by Gasteiger charge is -2.35. The van der Waals surface area contributed by atoms with E-state index in [1.807, 2.05) is 14.0 Å². The van der Waals surface area contributed by atoms with Crippen LogP contribution >= 0.6 is 0 Å². The number of nitrogens with one attached hydrogen (secondary N) is 1. The van der Waals surface area contributed by atoms with Crippen molar-refractivity contribution < 1.29 is 9.53 Å². The minimum Gasteiger partial charge on any atom is -0.372 e. The minimum absolute atomic E-state index is 0.0375. The van der Waals surface area contributed by atoms with E-state index < -0.39 is 5.54 Å². The van der Waals surface area contributed by atoms with Crippen LogP contribution in [0.2, 0.25) is 0 Å². The SMILES string of the molecule is CCOCC(=O)NC1(C#N)CCN(C)CC1. The minimum atomic E-state index is -0.694. The highest BCUT2D eigenvalue weighted by Gasteiger charge is 2.35. The first-order chi connectivity index (χ1) is 7.62. The molecule has 0 aromatic carbocycles. The first-order valence-corrected chi connectivity index (χ1v) is 5.60. The molecule has 16 heavy (non-hydrogen) atoms. The van der Waals surface area contributed by atoms with Crippen LogP contribution in [-0.2, 0) is 9.53 Å². The summed E-state index contributed by atoms with van der Waals surface area (Å²) in [6, 6.07) is 2.23. The summed E-state index contributed by atoms with van der Waals surface area (Å²) in [6.45, 7) is 4.05. The van der Waals surface area contributed by atoms with Gasteiger partial charge in [0, 0.05) is 19.7 Å². The van der Waals surface area contributed by atoms with Gasteiger partial charge in [0.1, 0.15) is 12.1 Å². The number of piperidine rings is 1. The summed E-state index contributed by atoms with van der Waals surface area (Å²) in [5, 5.41) is 12.0. The summed E-state index contributed by atoms with van der Waals surface area (Å²) in [4.78, 5) is 13.7. The summed E-state index contributed by atoms with van der Waals surface area (Å²) in [6.07, 6.45) is 1.36. The van der Waals surface area contributed by atoms with Crippen molar-refractivity contribution in [1.82, 2.24) is 10.2 Å². The van der Waals surface area contributed by atoms with E-state index in [4.69, 9.17) is 4.74 Å². The zero-order chi connectivity index (χ0) is 12.0. The molecule has 0 aromatic rings. The van der Waals surface area contributed by atoms with E-state index in [9.17, 15) is 10.1 Å². The Morgan fingerprint density at radius 2 is 2.19 bits per heavy atom. The molecule has 0 aromatic heterocycles. The van der Waals surface area contributed by atoms with Crippen LogP contribution in [0.3, 0.4) is 0 Å². The number of ether oxygens (including phenoxy) is 1. The molecule has 1 saturated heterocycles. The lowest BCUT2D eigenvalue weighted by Crippen LogP contribution is -2.54. The van der Waals surface area contributed by atoms with Crippen molar-refractivity contribution in [3.8, 4) is 6.07 Å². The molecule has 5 heteroatoms. The normalized spacial score (nSPS) is 20.1. The van der Waals surface area contributed by atoms with Gasteiger partial charge in [0.05, 0.1) is 6.07 Å². The molecule has 1 heterocycles. The molecule has 1 N–H and O–H groups in total. The third-order valence-electron chi connectivity index (χ3n) is 2.87. The van der Waals surface area contributed by atoms with Crippen LogP contribution < -0.4 is 5.32 Å². The van der Waals surface area contributed by atoms with Gasteiger partial charge in [0.2, 0.25) is 5.91 Å². The Hall–Kier alpha value is -1.12. The highest BCUT2D eigenvalue weighted by Crippen LogP contribution is 2.20. The Balaban J connectivity index is 2.48. The molecule has 1 rings (SSSR count). The van der Waals surface area contributed by atoms with Crippen LogP contribution in [0, 0.1) is 11.3 Å². The number of rotatable bonds is 4. The zero-order valence-corrected chi connectivity index (χ0v) is 9.95. The van der Waals surface area contributed by atoms with Crippen LogP contribution in [0.15, 0.2) is 0 Å². The largest absolute Gasteiger partial charge is 0.372 e. The van der Waals surface area contributed by atoms with Crippen LogP contribution in [0.1, 0.15) is 19.8 Å². The highest BCUT2D eigenvalue weighted by atomic mass is 16.5. The average molecular weight is 225 g/mol. The fraction of sp³-hybridized carbons (Fsp3) is 0.818. The lowest BCUT2D eigenvalue weighted by atomic mass is 9.89. The smallest absolute Gasteiger partial charge is 0.247 e. The number of hydrogen-bond acceptors (Lipinski definition) is 4. The molecule has 0 saturated carbocycles. The molecule has 0 spiro atoms. The first-order valence-electron chi connectivity index (χ1n) is 5.60. The number of nitrogens with zero attached hydrogens (tertiary/aromatic N) is 2. The number of nitriles is 1. The molecule has 1 aliphatic heterocycles. The Kier molecular flexibility index (Phi) is 4.71. The monoisotopic (exact) mass is 225 g/mol. The van der Waals surface area contributed by atoms with E-state index >= 15 is 0 Å². The highest BCUT2D eigenvalue weighted by molar-refractivity contribution is 5.78. The summed E-state index contributed by atoms with van der Waals surface area (Å²) in [5.41, 5.74) is -0.694. The Labute approximate surface area is 96.4 Å². The predicted molar refractivity (Wildman–Crippen MR) is 59.7 cm³/mol. The third kappa shape index (κ3) is 3.47. The second-order valence-electron chi connectivity index (χ2n) is 4.18. The number of carbonyl (C=O) groups is 1. The van der Waals surface area contributed by atoms with Crippen molar-refractivity contribution in [2.45, 2.75) is 25.3 Å². The summed E-state index contributed by atoms with van der Waals surface area (Å²) in [7, 11) is 2.02. The van der Waals surface area contributed by atoms with Crippen molar-refractivity contribution in [3.63, 3.8) is 0 Å². The van der Waals surface area contributed by atoms with Crippen molar-refractivity contribution in [2.75, 3.05) is 33.4 Å². The van der Waals surface area contributed by atoms with Crippen LogP contribution in [-0.4, -0.2) is 49.7 Å². The number of amides is 1. The van der Waals surface area contributed by atoms with Gasteiger partial charge in [-0.1, -0.05) is 0 Å². The maximum atomic E-state index is 11.5. The van der Waals surface area contributed by atoms with Gasteiger partial charge in [-0.2, -0.15) is 5.26 Å². The topological polar surface area (TPSA) is 65.4 Å². The van der Waals surface area contributed by atoms with Gasteiger partial charge in [-0.3, -0.25) is 4.79 Å². The van der Waals surface area contributed by atoms with Crippen molar-refractivity contribution in [3.05, 3.63) is 0 Å². The fourth-order valence-electron chi connectivity index (χ4n) is 1.76. The van der Waals surface area contributed by atoms with Gasteiger partial charge in [0.25, 0.3) is 0 Å². The molecule has 5 nitrogen and oxygen atoms in total. The second kappa shape index (κ2) is 5.83.